The van der Waals surface area contributed by atoms with Gasteiger partial charge in [0.25, 0.3) is 5.56 Å². The minimum Gasteiger partial charge on any atom is -0.338 e. The lowest BCUT2D eigenvalue weighted by Crippen LogP contribution is -2.55. The van der Waals surface area contributed by atoms with Gasteiger partial charge in [0.2, 0.25) is 11.8 Å². The molecule has 2 aromatic carbocycles. The van der Waals surface area contributed by atoms with Crippen molar-refractivity contribution in [1.29, 1.82) is 0 Å². The van der Waals surface area contributed by atoms with Crippen molar-refractivity contribution in [3.63, 3.8) is 0 Å². The van der Waals surface area contributed by atoms with E-state index in [-0.39, 0.29) is 30.5 Å². The molecule has 1 saturated heterocycles. The van der Waals surface area contributed by atoms with Crippen LogP contribution in [0, 0.1) is 0 Å². The molecule has 0 atom stereocenters. The first-order chi connectivity index (χ1) is 16.3. The molecule has 1 aliphatic rings. The Morgan fingerprint density at radius 1 is 0.824 bits per heavy atom. The highest BCUT2D eigenvalue weighted by Gasteiger charge is 2.35. The van der Waals surface area contributed by atoms with Crippen LogP contribution in [-0.2, 0) is 28.1 Å². The second-order valence-corrected chi connectivity index (χ2v) is 9.10. The summed E-state index contributed by atoms with van der Waals surface area (Å²) in [6.07, 6.45) is 0. The van der Waals surface area contributed by atoms with Gasteiger partial charge in [-0.3, -0.25) is 23.5 Å². The number of benzene rings is 2. The van der Waals surface area contributed by atoms with Crippen LogP contribution in [0.4, 0.5) is 0 Å². The molecule has 0 spiro atoms. The molecule has 3 aromatic rings. The molecule has 0 aliphatic carbocycles. The summed E-state index contributed by atoms with van der Waals surface area (Å²) in [5.41, 5.74) is -0.0873. The molecular weight excluding hydrogens is 432 g/mol. The first kappa shape index (κ1) is 23.5. The van der Waals surface area contributed by atoms with E-state index in [9.17, 15) is 19.2 Å². The molecule has 0 saturated carbocycles. The molecule has 2 amide bonds. The van der Waals surface area contributed by atoms with Crippen molar-refractivity contribution in [3.8, 4) is 0 Å². The second kappa shape index (κ2) is 9.29. The van der Waals surface area contributed by atoms with E-state index in [4.69, 9.17) is 0 Å². The fourth-order valence-electron chi connectivity index (χ4n) is 4.57. The van der Waals surface area contributed by atoms with E-state index in [0.29, 0.717) is 37.1 Å². The fraction of sp³-hybridized carbons (Fsp3) is 0.385. The number of piperazine rings is 1. The number of nitrogens with zero attached hydrogens (tertiary/aromatic N) is 4. The predicted molar refractivity (Wildman–Crippen MR) is 131 cm³/mol. The Labute approximate surface area is 198 Å². The van der Waals surface area contributed by atoms with Gasteiger partial charge in [-0.1, -0.05) is 42.5 Å². The topological polar surface area (TPSA) is 84.6 Å². The van der Waals surface area contributed by atoms with Gasteiger partial charge >= 0.3 is 5.69 Å². The van der Waals surface area contributed by atoms with Crippen molar-refractivity contribution >= 4 is 22.7 Å². The largest absolute Gasteiger partial charge is 0.338 e. The van der Waals surface area contributed by atoms with Crippen LogP contribution in [-0.4, -0.2) is 56.9 Å². The van der Waals surface area contributed by atoms with Crippen LogP contribution in [0.5, 0.6) is 0 Å². The maximum atomic E-state index is 13.2. The molecule has 4 rings (SSSR count). The Morgan fingerprint density at radius 3 is 2.06 bits per heavy atom. The van der Waals surface area contributed by atoms with Gasteiger partial charge in [0.05, 0.1) is 16.3 Å². The van der Waals surface area contributed by atoms with Crippen molar-refractivity contribution in [1.82, 2.24) is 18.9 Å². The number of fused-ring (bicyclic) bond motifs is 1. The van der Waals surface area contributed by atoms with Gasteiger partial charge in [0, 0.05) is 32.7 Å². The zero-order chi connectivity index (χ0) is 24.5. The number of carbonyl (C=O) groups excluding carboxylic acids is 2. The molecule has 8 heteroatoms. The molecule has 1 aromatic heterocycles. The Hall–Kier alpha value is -3.68. The Bertz CT molecular complexity index is 1330. The fourth-order valence-corrected chi connectivity index (χ4v) is 4.57. The molecule has 8 nitrogen and oxygen atoms in total. The summed E-state index contributed by atoms with van der Waals surface area (Å²) in [5, 5.41) is 0.412. The molecule has 2 heterocycles. The normalized spacial score (nSPS) is 14.4. The maximum Gasteiger partial charge on any atom is 0.331 e. The number of hydrogen-bond donors (Lipinski definition) is 0. The zero-order valence-electron chi connectivity index (χ0n) is 19.9. The smallest absolute Gasteiger partial charge is 0.331 e. The highest BCUT2D eigenvalue weighted by molar-refractivity contribution is 5.88. The van der Waals surface area contributed by atoms with Crippen molar-refractivity contribution in [2.75, 3.05) is 26.2 Å². The first-order valence-corrected chi connectivity index (χ1v) is 11.6. The minimum absolute atomic E-state index is 0.0306. The molecule has 34 heavy (non-hydrogen) atoms. The summed E-state index contributed by atoms with van der Waals surface area (Å²) in [5.74, 6) is -0.175. The van der Waals surface area contributed by atoms with E-state index in [2.05, 4.69) is 0 Å². The van der Waals surface area contributed by atoms with Crippen LogP contribution in [0.2, 0.25) is 0 Å². The quantitative estimate of drug-likeness (QED) is 0.579. The van der Waals surface area contributed by atoms with Gasteiger partial charge in [-0.15, -0.1) is 0 Å². The Kier molecular flexibility index (Phi) is 6.41. The molecule has 0 unspecified atom stereocenters. The molecular formula is C26H30N4O4. The lowest BCUT2D eigenvalue weighted by molar-refractivity contribution is -0.142. The van der Waals surface area contributed by atoms with Gasteiger partial charge in [0.15, 0.2) is 0 Å². The minimum atomic E-state index is -0.659. The highest BCUT2D eigenvalue weighted by atomic mass is 16.2. The SMILES string of the molecule is CCn1c(=O)c2ccccc2n(CC(=O)N2CCN(C(=O)C(C)(C)c3ccccc3)CC2)c1=O. The van der Waals surface area contributed by atoms with Crippen molar-refractivity contribution in [2.24, 2.45) is 0 Å². The van der Waals surface area contributed by atoms with Crippen LogP contribution >= 0.6 is 0 Å². The monoisotopic (exact) mass is 462 g/mol. The molecule has 0 bridgehead atoms. The van der Waals surface area contributed by atoms with Gasteiger partial charge in [-0.2, -0.15) is 0 Å². The molecule has 0 N–H and O–H groups in total. The predicted octanol–water partition coefficient (Wildman–Crippen LogP) is 1.83. The summed E-state index contributed by atoms with van der Waals surface area (Å²) in [6.45, 7) is 7.32. The number of hydrogen-bond acceptors (Lipinski definition) is 4. The van der Waals surface area contributed by atoms with Crippen LogP contribution in [0.25, 0.3) is 10.9 Å². The van der Waals surface area contributed by atoms with Crippen molar-refractivity contribution < 1.29 is 9.59 Å². The van der Waals surface area contributed by atoms with E-state index in [1.54, 1.807) is 41.0 Å². The van der Waals surface area contributed by atoms with E-state index in [0.717, 1.165) is 10.1 Å². The number of amides is 2. The first-order valence-electron chi connectivity index (χ1n) is 11.6. The third-order valence-corrected chi connectivity index (χ3v) is 6.69. The molecule has 1 aliphatic heterocycles. The summed E-state index contributed by atoms with van der Waals surface area (Å²) in [4.78, 5) is 55.4. The van der Waals surface area contributed by atoms with Crippen LogP contribution in [0.1, 0.15) is 26.3 Å². The van der Waals surface area contributed by atoms with Crippen molar-refractivity contribution in [2.45, 2.75) is 39.3 Å². The summed E-state index contributed by atoms with van der Waals surface area (Å²) < 4.78 is 2.52. The average molecular weight is 463 g/mol. The van der Waals surface area contributed by atoms with Crippen molar-refractivity contribution in [3.05, 3.63) is 81.0 Å². The second-order valence-electron chi connectivity index (χ2n) is 9.10. The third-order valence-electron chi connectivity index (χ3n) is 6.69. The zero-order valence-corrected chi connectivity index (χ0v) is 19.9. The summed E-state index contributed by atoms with van der Waals surface area (Å²) in [6, 6.07) is 16.5. The van der Waals surface area contributed by atoms with Gasteiger partial charge in [-0.25, -0.2) is 4.79 Å². The molecule has 178 valence electrons. The Balaban J connectivity index is 1.49. The van der Waals surface area contributed by atoms with Crippen LogP contribution < -0.4 is 11.2 Å². The van der Waals surface area contributed by atoms with E-state index in [1.165, 1.54) is 4.57 Å². The summed E-state index contributed by atoms with van der Waals surface area (Å²) in [7, 11) is 0. The van der Waals surface area contributed by atoms with Gasteiger partial charge < -0.3 is 9.80 Å². The lowest BCUT2D eigenvalue weighted by Gasteiger charge is -2.39. The number of para-hydroxylation sites is 1. The number of aromatic nitrogens is 2. The molecule has 0 radical (unpaired) electrons. The lowest BCUT2D eigenvalue weighted by atomic mass is 9.83. The average Bonchev–Trinajstić information content (AvgIpc) is 2.87. The number of carbonyl (C=O) groups is 2. The van der Waals surface area contributed by atoms with Crippen LogP contribution in [0.3, 0.4) is 0 Å². The summed E-state index contributed by atoms with van der Waals surface area (Å²) >= 11 is 0. The Morgan fingerprint density at radius 2 is 1.41 bits per heavy atom. The van der Waals surface area contributed by atoms with E-state index >= 15 is 0 Å². The van der Waals surface area contributed by atoms with Gasteiger partial charge in [-0.05, 0) is 38.5 Å². The maximum absolute atomic E-state index is 13.2. The third kappa shape index (κ3) is 4.16. The highest BCUT2D eigenvalue weighted by Crippen LogP contribution is 2.26. The molecule has 1 fully saturated rings. The van der Waals surface area contributed by atoms with Crippen LogP contribution in [0.15, 0.2) is 64.2 Å². The number of rotatable bonds is 5. The standard InChI is InChI=1S/C26H30N4O4/c1-4-29-23(32)20-12-8-9-13-21(20)30(25(29)34)18-22(31)27-14-16-28(17-15-27)24(33)26(2,3)19-10-6-5-7-11-19/h5-13H,4,14-18H2,1-3H3. The van der Waals surface area contributed by atoms with E-state index < -0.39 is 11.1 Å². The van der Waals surface area contributed by atoms with E-state index in [1.807, 2.05) is 44.2 Å². The van der Waals surface area contributed by atoms with Gasteiger partial charge in [0.1, 0.15) is 6.54 Å².